The maximum Gasteiger partial charge on any atom is 0.221 e. The molecule has 0 saturated heterocycles. The molecule has 16 heavy (non-hydrogen) atoms. The molecule has 0 aliphatic heterocycles. The van der Waals surface area contributed by atoms with Crippen LogP contribution < -0.4 is 10.1 Å². The van der Waals surface area contributed by atoms with Gasteiger partial charge in [0.1, 0.15) is 12.1 Å². The summed E-state index contributed by atoms with van der Waals surface area (Å²) in [7, 11) is 0. The van der Waals surface area contributed by atoms with E-state index in [1.165, 1.54) is 0 Å². The van der Waals surface area contributed by atoms with E-state index in [-0.39, 0.29) is 0 Å². The van der Waals surface area contributed by atoms with Gasteiger partial charge in [0.15, 0.2) is 0 Å². The fraction of sp³-hybridized carbons (Fsp3) is 0.667. The van der Waals surface area contributed by atoms with Crippen molar-refractivity contribution in [3.8, 4) is 5.88 Å². The molecule has 0 fully saturated rings. The second kappa shape index (κ2) is 6.30. The van der Waals surface area contributed by atoms with Gasteiger partial charge in [0.2, 0.25) is 5.88 Å². The van der Waals surface area contributed by atoms with Crippen LogP contribution in [0.15, 0.2) is 6.33 Å². The van der Waals surface area contributed by atoms with E-state index in [0.29, 0.717) is 18.5 Å². The second-order valence-electron chi connectivity index (χ2n) is 3.74. The lowest BCUT2D eigenvalue weighted by molar-refractivity contribution is 0.323. The summed E-state index contributed by atoms with van der Waals surface area (Å²) in [4.78, 5) is 8.37. The average molecular weight is 223 g/mol. The van der Waals surface area contributed by atoms with Crippen LogP contribution in [0.5, 0.6) is 5.88 Å². The standard InChI is InChI=1S/C12H21N3O/c1-5-10(6-2)15-11-9(4)12(16-7-3)14-8-13-11/h8,10H,5-7H2,1-4H3,(H,13,14,15). The Morgan fingerprint density at radius 2 is 1.94 bits per heavy atom. The molecule has 1 rings (SSSR count). The van der Waals surface area contributed by atoms with Gasteiger partial charge in [-0.2, -0.15) is 0 Å². The van der Waals surface area contributed by atoms with E-state index in [1.807, 2.05) is 13.8 Å². The van der Waals surface area contributed by atoms with Gasteiger partial charge in [0.25, 0.3) is 0 Å². The Hall–Kier alpha value is -1.32. The molecule has 4 nitrogen and oxygen atoms in total. The summed E-state index contributed by atoms with van der Waals surface area (Å²) in [6.07, 6.45) is 3.72. The first-order chi connectivity index (χ1) is 7.72. The molecule has 0 unspecified atom stereocenters. The summed E-state index contributed by atoms with van der Waals surface area (Å²) in [5.74, 6) is 1.55. The van der Waals surface area contributed by atoms with E-state index >= 15 is 0 Å². The van der Waals surface area contributed by atoms with E-state index in [9.17, 15) is 0 Å². The van der Waals surface area contributed by atoms with Crippen molar-refractivity contribution in [3.63, 3.8) is 0 Å². The molecule has 0 atom stereocenters. The largest absolute Gasteiger partial charge is 0.478 e. The fourth-order valence-electron chi connectivity index (χ4n) is 1.55. The van der Waals surface area contributed by atoms with Gasteiger partial charge in [0.05, 0.1) is 12.2 Å². The van der Waals surface area contributed by atoms with Crippen molar-refractivity contribution in [2.45, 2.75) is 46.6 Å². The highest BCUT2D eigenvalue weighted by Gasteiger charge is 2.10. The second-order valence-corrected chi connectivity index (χ2v) is 3.74. The number of nitrogens with one attached hydrogen (secondary N) is 1. The number of ether oxygens (including phenoxy) is 1. The van der Waals surface area contributed by atoms with Crippen LogP contribution >= 0.6 is 0 Å². The number of hydrogen-bond acceptors (Lipinski definition) is 4. The predicted octanol–water partition coefficient (Wildman–Crippen LogP) is 2.78. The monoisotopic (exact) mass is 223 g/mol. The van der Waals surface area contributed by atoms with Gasteiger partial charge in [-0.15, -0.1) is 0 Å². The fourth-order valence-corrected chi connectivity index (χ4v) is 1.55. The Morgan fingerprint density at radius 3 is 2.50 bits per heavy atom. The first kappa shape index (κ1) is 12.7. The molecular weight excluding hydrogens is 202 g/mol. The molecule has 1 heterocycles. The maximum absolute atomic E-state index is 5.44. The Kier molecular flexibility index (Phi) is 5.02. The van der Waals surface area contributed by atoms with Crippen molar-refractivity contribution >= 4 is 5.82 Å². The van der Waals surface area contributed by atoms with Gasteiger partial charge in [-0.3, -0.25) is 0 Å². The third-order valence-corrected chi connectivity index (χ3v) is 2.65. The van der Waals surface area contributed by atoms with Crippen molar-refractivity contribution in [3.05, 3.63) is 11.9 Å². The summed E-state index contributed by atoms with van der Waals surface area (Å²) in [5.41, 5.74) is 0.983. The summed E-state index contributed by atoms with van der Waals surface area (Å²) in [6, 6.07) is 0.461. The van der Waals surface area contributed by atoms with Gasteiger partial charge >= 0.3 is 0 Å². The molecule has 0 amide bonds. The molecule has 0 aromatic carbocycles. The molecule has 0 radical (unpaired) electrons. The third-order valence-electron chi connectivity index (χ3n) is 2.65. The minimum atomic E-state index is 0.461. The normalized spacial score (nSPS) is 10.6. The summed E-state index contributed by atoms with van der Waals surface area (Å²) in [5, 5.41) is 3.41. The summed E-state index contributed by atoms with van der Waals surface area (Å²) in [6.45, 7) is 8.90. The molecule has 0 spiro atoms. The molecule has 0 saturated carbocycles. The number of hydrogen-bond donors (Lipinski definition) is 1. The zero-order chi connectivity index (χ0) is 12.0. The average Bonchev–Trinajstić information content (AvgIpc) is 2.30. The summed E-state index contributed by atoms with van der Waals surface area (Å²) < 4.78 is 5.44. The topological polar surface area (TPSA) is 47.0 Å². The third kappa shape index (κ3) is 3.08. The number of nitrogens with zero attached hydrogens (tertiary/aromatic N) is 2. The minimum absolute atomic E-state index is 0.461. The Bertz CT molecular complexity index is 324. The van der Waals surface area contributed by atoms with Gasteiger partial charge in [-0.1, -0.05) is 13.8 Å². The first-order valence-corrected chi connectivity index (χ1v) is 5.93. The maximum atomic E-state index is 5.44. The van der Waals surface area contributed by atoms with E-state index < -0.39 is 0 Å². The zero-order valence-electron chi connectivity index (χ0n) is 10.6. The lowest BCUT2D eigenvalue weighted by Crippen LogP contribution is -2.19. The quantitative estimate of drug-likeness (QED) is 0.805. The molecule has 0 aliphatic rings. The van der Waals surface area contributed by atoms with Crippen molar-refractivity contribution in [2.24, 2.45) is 0 Å². The molecule has 1 aromatic rings. The van der Waals surface area contributed by atoms with Crippen LogP contribution in [-0.2, 0) is 0 Å². The first-order valence-electron chi connectivity index (χ1n) is 5.93. The van der Waals surface area contributed by atoms with Gasteiger partial charge in [0, 0.05) is 6.04 Å². The molecular formula is C12H21N3O. The van der Waals surface area contributed by atoms with Crippen LogP contribution in [-0.4, -0.2) is 22.6 Å². The predicted molar refractivity (Wildman–Crippen MR) is 65.9 cm³/mol. The van der Waals surface area contributed by atoms with Crippen molar-refractivity contribution in [2.75, 3.05) is 11.9 Å². The van der Waals surface area contributed by atoms with Crippen LogP contribution in [0.4, 0.5) is 5.82 Å². The molecule has 90 valence electrons. The Balaban J connectivity index is 2.83. The summed E-state index contributed by atoms with van der Waals surface area (Å²) >= 11 is 0. The SMILES string of the molecule is CCOc1ncnc(NC(CC)CC)c1C. The van der Waals surface area contributed by atoms with E-state index in [4.69, 9.17) is 4.74 Å². The zero-order valence-corrected chi connectivity index (χ0v) is 10.6. The number of anilines is 1. The van der Waals surface area contributed by atoms with Gasteiger partial charge in [-0.05, 0) is 26.7 Å². The van der Waals surface area contributed by atoms with E-state index in [0.717, 1.165) is 24.2 Å². The lowest BCUT2D eigenvalue weighted by atomic mass is 10.1. The van der Waals surface area contributed by atoms with Gasteiger partial charge in [-0.25, -0.2) is 9.97 Å². The van der Waals surface area contributed by atoms with Crippen LogP contribution in [0.2, 0.25) is 0 Å². The highest BCUT2D eigenvalue weighted by Crippen LogP contribution is 2.21. The molecule has 0 bridgehead atoms. The van der Waals surface area contributed by atoms with E-state index in [2.05, 4.69) is 29.1 Å². The van der Waals surface area contributed by atoms with Crippen molar-refractivity contribution in [1.29, 1.82) is 0 Å². The molecule has 4 heteroatoms. The van der Waals surface area contributed by atoms with Crippen molar-refractivity contribution in [1.82, 2.24) is 9.97 Å². The lowest BCUT2D eigenvalue weighted by Gasteiger charge is -2.17. The van der Waals surface area contributed by atoms with Crippen LogP contribution in [0.1, 0.15) is 39.2 Å². The van der Waals surface area contributed by atoms with Crippen molar-refractivity contribution < 1.29 is 4.74 Å². The molecule has 1 aromatic heterocycles. The van der Waals surface area contributed by atoms with E-state index in [1.54, 1.807) is 6.33 Å². The highest BCUT2D eigenvalue weighted by molar-refractivity contribution is 5.48. The smallest absolute Gasteiger partial charge is 0.221 e. The minimum Gasteiger partial charge on any atom is -0.478 e. The number of rotatable bonds is 6. The van der Waals surface area contributed by atoms with Crippen LogP contribution in [0.25, 0.3) is 0 Å². The highest BCUT2D eigenvalue weighted by atomic mass is 16.5. The number of aromatic nitrogens is 2. The Morgan fingerprint density at radius 1 is 1.25 bits per heavy atom. The molecule has 1 N–H and O–H groups in total. The Labute approximate surface area is 97.5 Å². The van der Waals surface area contributed by atoms with Gasteiger partial charge < -0.3 is 10.1 Å². The van der Waals surface area contributed by atoms with Crippen LogP contribution in [0, 0.1) is 6.92 Å². The molecule has 0 aliphatic carbocycles. The van der Waals surface area contributed by atoms with Crippen LogP contribution in [0.3, 0.4) is 0 Å².